The van der Waals surface area contributed by atoms with Crippen LogP contribution in [0.2, 0.25) is 0 Å². The SMILES string of the molecule is C=C[C@@]1(O)CC[C@@]2(C(=O)OCC)CC(=O)C=C2C1(C)C. The van der Waals surface area contributed by atoms with Gasteiger partial charge in [-0.1, -0.05) is 19.9 Å². The van der Waals surface area contributed by atoms with Crippen molar-refractivity contribution in [1.82, 2.24) is 0 Å². The molecule has 0 aromatic rings. The van der Waals surface area contributed by atoms with Crippen LogP contribution in [0.5, 0.6) is 0 Å². The molecule has 0 amide bonds. The van der Waals surface area contributed by atoms with E-state index in [0.717, 1.165) is 0 Å². The van der Waals surface area contributed by atoms with Gasteiger partial charge in [-0.2, -0.15) is 0 Å². The molecule has 4 heteroatoms. The van der Waals surface area contributed by atoms with Gasteiger partial charge in [0, 0.05) is 11.8 Å². The molecule has 110 valence electrons. The van der Waals surface area contributed by atoms with Crippen molar-refractivity contribution in [3.8, 4) is 0 Å². The van der Waals surface area contributed by atoms with Gasteiger partial charge in [0.25, 0.3) is 0 Å². The molecule has 2 aliphatic rings. The predicted molar refractivity (Wildman–Crippen MR) is 74.9 cm³/mol. The van der Waals surface area contributed by atoms with Gasteiger partial charge in [-0.15, -0.1) is 6.58 Å². The van der Waals surface area contributed by atoms with Crippen LogP contribution in [-0.2, 0) is 14.3 Å². The second-order valence-corrected chi connectivity index (χ2v) is 6.26. The fourth-order valence-electron chi connectivity index (χ4n) is 3.60. The average Bonchev–Trinajstić information content (AvgIpc) is 2.74. The monoisotopic (exact) mass is 278 g/mol. The summed E-state index contributed by atoms with van der Waals surface area (Å²) in [5.74, 6) is -0.425. The summed E-state index contributed by atoms with van der Waals surface area (Å²) in [6.07, 6.45) is 4.00. The molecular formula is C16H22O4. The van der Waals surface area contributed by atoms with Crippen LogP contribution < -0.4 is 0 Å². The van der Waals surface area contributed by atoms with Gasteiger partial charge < -0.3 is 9.84 Å². The Bertz CT molecular complexity index is 503. The van der Waals surface area contributed by atoms with E-state index in [1.807, 2.05) is 13.8 Å². The van der Waals surface area contributed by atoms with E-state index in [2.05, 4.69) is 6.58 Å². The molecule has 1 fully saturated rings. The quantitative estimate of drug-likeness (QED) is 0.635. The van der Waals surface area contributed by atoms with Crippen molar-refractivity contribution >= 4 is 11.8 Å². The summed E-state index contributed by atoms with van der Waals surface area (Å²) >= 11 is 0. The minimum atomic E-state index is -1.11. The fourth-order valence-corrected chi connectivity index (χ4v) is 3.60. The fraction of sp³-hybridized carbons (Fsp3) is 0.625. The number of ketones is 1. The van der Waals surface area contributed by atoms with E-state index >= 15 is 0 Å². The van der Waals surface area contributed by atoms with E-state index in [1.165, 1.54) is 12.2 Å². The van der Waals surface area contributed by atoms with Crippen LogP contribution in [0.4, 0.5) is 0 Å². The van der Waals surface area contributed by atoms with Crippen LogP contribution in [0.25, 0.3) is 0 Å². The number of fused-ring (bicyclic) bond motifs is 1. The predicted octanol–water partition coefficient (Wildman–Crippen LogP) is 2.17. The Morgan fingerprint density at radius 3 is 2.70 bits per heavy atom. The summed E-state index contributed by atoms with van der Waals surface area (Å²) in [7, 11) is 0. The first-order chi connectivity index (χ1) is 9.23. The Morgan fingerprint density at radius 1 is 1.50 bits per heavy atom. The van der Waals surface area contributed by atoms with E-state index in [9.17, 15) is 14.7 Å². The maximum atomic E-state index is 12.4. The lowest BCUT2D eigenvalue weighted by molar-refractivity contribution is -0.160. The lowest BCUT2D eigenvalue weighted by atomic mass is 9.54. The van der Waals surface area contributed by atoms with Crippen molar-refractivity contribution in [2.24, 2.45) is 10.8 Å². The average molecular weight is 278 g/mol. The Labute approximate surface area is 119 Å². The lowest BCUT2D eigenvalue weighted by Gasteiger charge is -2.52. The number of hydrogen-bond donors (Lipinski definition) is 1. The molecule has 2 aliphatic carbocycles. The summed E-state index contributed by atoms with van der Waals surface area (Å²) in [6, 6.07) is 0. The first kappa shape index (κ1) is 15.0. The van der Waals surface area contributed by atoms with Gasteiger partial charge in [0.1, 0.15) is 0 Å². The molecule has 0 unspecified atom stereocenters. The number of carbonyl (C=O) groups is 2. The molecule has 1 saturated carbocycles. The molecule has 0 saturated heterocycles. The third kappa shape index (κ3) is 1.78. The number of rotatable bonds is 3. The highest BCUT2D eigenvalue weighted by atomic mass is 16.5. The number of hydrogen-bond acceptors (Lipinski definition) is 4. The standard InChI is InChI=1S/C16H22O4/c1-5-16(19)8-7-15(13(18)20-6-2)10-11(17)9-12(15)14(16,3)4/h5,9,19H,1,6-8,10H2,2-4H3/t15-,16-/m1/s1. The second kappa shape index (κ2) is 4.55. The summed E-state index contributed by atoms with van der Waals surface area (Å²) in [4.78, 5) is 24.3. The molecule has 1 N–H and O–H groups in total. The van der Waals surface area contributed by atoms with Gasteiger partial charge >= 0.3 is 5.97 Å². The lowest BCUT2D eigenvalue weighted by Crippen LogP contribution is -2.54. The van der Waals surface area contributed by atoms with Gasteiger partial charge in [0.2, 0.25) is 0 Å². The third-order valence-electron chi connectivity index (χ3n) is 4.99. The number of allylic oxidation sites excluding steroid dienone is 1. The Hall–Kier alpha value is -1.42. The zero-order valence-corrected chi connectivity index (χ0v) is 12.4. The van der Waals surface area contributed by atoms with E-state index < -0.39 is 16.4 Å². The third-order valence-corrected chi connectivity index (χ3v) is 4.99. The first-order valence-electron chi connectivity index (χ1n) is 7.02. The van der Waals surface area contributed by atoms with Crippen molar-refractivity contribution in [1.29, 1.82) is 0 Å². The Morgan fingerprint density at radius 2 is 2.15 bits per heavy atom. The maximum absolute atomic E-state index is 12.4. The van der Waals surface area contributed by atoms with E-state index in [1.54, 1.807) is 6.92 Å². The van der Waals surface area contributed by atoms with Crippen LogP contribution in [0, 0.1) is 10.8 Å². The molecule has 0 bridgehead atoms. The molecule has 0 aromatic carbocycles. The summed E-state index contributed by atoms with van der Waals surface area (Å²) in [6.45, 7) is 9.46. The van der Waals surface area contributed by atoms with Crippen LogP contribution >= 0.6 is 0 Å². The molecule has 0 heterocycles. The second-order valence-electron chi connectivity index (χ2n) is 6.26. The van der Waals surface area contributed by atoms with Gasteiger partial charge in [-0.3, -0.25) is 9.59 Å². The van der Waals surface area contributed by atoms with E-state index in [-0.39, 0.29) is 24.8 Å². The molecule has 2 atom stereocenters. The molecule has 2 rings (SSSR count). The molecular weight excluding hydrogens is 256 g/mol. The Kier molecular flexibility index (Phi) is 3.41. The van der Waals surface area contributed by atoms with Gasteiger partial charge in [-0.05, 0) is 31.4 Å². The van der Waals surface area contributed by atoms with Crippen molar-refractivity contribution < 1.29 is 19.4 Å². The normalized spacial score (nSPS) is 35.2. The first-order valence-corrected chi connectivity index (χ1v) is 7.02. The minimum Gasteiger partial charge on any atom is -0.465 e. The summed E-state index contributed by atoms with van der Waals surface area (Å²) < 4.78 is 5.19. The number of esters is 1. The number of aliphatic hydroxyl groups is 1. The molecule has 0 spiro atoms. The molecule has 20 heavy (non-hydrogen) atoms. The van der Waals surface area contributed by atoms with Gasteiger partial charge in [-0.25, -0.2) is 0 Å². The van der Waals surface area contributed by atoms with Gasteiger partial charge in [0.05, 0.1) is 17.6 Å². The van der Waals surface area contributed by atoms with Crippen molar-refractivity contribution in [2.75, 3.05) is 6.61 Å². The highest BCUT2D eigenvalue weighted by Crippen LogP contribution is 2.60. The molecule has 4 nitrogen and oxygen atoms in total. The van der Waals surface area contributed by atoms with Gasteiger partial charge in [0.15, 0.2) is 5.78 Å². The van der Waals surface area contributed by atoms with Crippen LogP contribution in [0.1, 0.15) is 40.0 Å². The summed E-state index contributed by atoms with van der Waals surface area (Å²) in [5.41, 5.74) is -2.04. The largest absolute Gasteiger partial charge is 0.465 e. The van der Waals surface area contributed by atoms with Crippen LogP contribution in [-0.4, -0.2) is 29.1 Å². The van der Waals surface area contributed by atoms with Crippen molar-refractivity contribution in [3.05, 3.63) is 24.3 Å². The zero-order valence-electron chi connectivity index (χ0n) is 12.4. The van der Waals surface area contributed by atoms with Crippen LogP contribution in [0.15, 0.2) is 24.3 Å². The number of ether oxygens (including phenoxy) is 1. The van der Waals surface area contributed by atoms with Crippen molar-refractivity contribution in [3.63, 3.8) is 0 Å². The topological polar surface area (TPSA) is 63.6 Å². The summed E-state index contributed by atoms with van der Waals surface area (Å²) in [5, 5.41) is 10.7. The van der Waals surface area contributed by atoms with E-state index in [4.69, 9.17) is 4.74 Å². The van der Waals surface area contributed by atoms with Crippen molar-refractivity contribution in [2.45, 2.75) is 45.6 Å². The molecule has 0 aliphatic heterocycles. The minimum absolute atomic E-state index is 0.0746. The van der Waals surface area contributed by atoms with E-state index in [0.29, 0.717) is 18.4 Å². The molecule has 0 radical (unpaired) electrons. The number of carbonyl (C=O) groups excluding carboxylic acids is 2. The molecule has 0 aromatic heterocycles. The highest BCUT2D eigenvalue weighted by molar-refractivity contribution is 6.01. The maximum Gasteiger partial charge on any atom is 0.316 e. The smallest absolute Gasteiger partial charge is 0.316 e. The highest BCUT2D eigenvalue weighted by Gasteiger charge is 2.61. The Balaban J connectivity index is 2.53. The zero-order chi connectivity index (χ0) is 15.2. The van der Waals surface area contributed by atoms with Crippen LogP contribution in [0.3, 0.4) is 0 Å².